The van der Waals surface area contributed by atoms with Crippen LogP contribution in [0, 0.1) is 5.82 Å². The number of nitrogens with two attached hydrogens (primary N) is 1. The maximum atomic E-state index is 13.7. The van der Waals surface area contributed by atoms with E-state index in [1.54, 1.807) is 17.2 Å². The molecule has 0 aliphatic carbocycles. The number of nitrogens with one attached hydrogen (secondary N) is 1. The van der Waals surface area contributed by atoms with E-state index in [4.69, 9.17) is 5.73 Å². The highest BCUT2D eigenvalue weighted by Crippen LogP contribution is 2.44. The van der Waals surface area contributed by atoms with Crippen LogP contribution in [0.1, 0.15) is 30.2 Å². The molecule has 2 atom stereocenters. The number of hydrogen-bond donors (Lipinski definition) is 2. The Labute approximate surface area is 183 Å². The molecule has 6 nitrogen and oxygen atoms in total. The molecule has 162 valence electrons. The summed E-state index contributed by atoms with van der Waals surface area (Å²) in [6.45, 7) is 1.70. The van der Waals surface area contributed by atoms with Gasteiger partial charge in [-0.1, -0.05) is 17.8 Å². The molecule has 1 amide bonds. The molecule has 5 rings (SSSR count). The van der Waals surface area contributed by atoms with Gasteiger partial charge < -0.3 is 20.9 Å². The zero-order valence-electron chi connectivity index (χ0n) is 16.9. The first kappa shape index (κ1) is 20.1. The van der Waals surface area contributed by atoms with Gasteiger partial charge in [-0.05, 0) is 37.1 Å². The summed E-state index contributed by atoms with van der Waals surface area (Å²) >= 11 is 1.46. The fourth-order valence-corrected chi connectivity index (χ4v) is 5.45. The number of thioether (sulfide) groups is 1. The van der Waals surface area contributed by atoms with Crippen molar-refractivity contribution in [3.8, 4) is 0 Å². The lowest BCUT2D eigenvalue weighted by Crippen LogP contribution is -2.37. The molecular formula is C22H23F2N5OS. The Morgan fingerprint density at radius 3 is 2.84 bits per heavy atom. The van der Waals surface area contributed by atoms with Crippen LogP contribution in [0.15, 0.2) is 47.1 Å². The molecule has 1 fully saturated rings. The lowest BCUT2D eigenvalue weighted by atomic mass is 10.1. The van der Waals surface area contributed by atoms with Gasteiger partial charge in [0.1, 0.15) is 23.2 Å². The van der Waals surface area contributed by atoms with Crippen molar-refractivity contribution in [2.24, 2.45) is 0 Å². The zero-order chi connectivity index (χ0) is 21.5. The maximum Gasteiger partial charge on any atom is 0.266 e. The smallest absolute Gasteiger partial charge is 0.266 e. The number of aromatic nitrogens is 1. The van der Waals surface area contributed by atoms with Crippen LogP contribution in [0.5, 0.6) is 0 Å². The van der Waals surface area contributed by atoms with E-state index in [0.717, 1.165) is 30.0 Å². The minimum Gasteiger partial charge on any atom is -0.396 e. The van der Waals surface area contributed by atoms with Crippen molar-refractivity contribution >= 4 is 34.9 Å². The third-order valence-electron chi connectivity index (χ3n) is 5.89. The number of carbonyl (C=O) groups excluding carboxylic acids is 1. The van der Waals surface area contributed by atoms with Crippen LogP contribution >= 0.6 is 11.8 Å². The minimum atomic E-state index is -0.802. The molecule has 3 aliphatic rings. The first-order valence-electron chi connectivity index (χ1n) is 10.4. The summed E-state index contributed by atoms with van der Waals surface area (Å²) < 4.78 is 27.2. The highest BCUT2D eigenvalue weighted by atomic mass is 32.2. The summed E-state index contributed by atoms with van der Waals surface area (Å²) in [4.78, 5) is 21.9. The Hall–Kier alpha value is -2.81. The first-order chi connectivity index (χ1) is 15.0. The SMILES string of the molecule is Nc1cc(N2CCC3=C(SC(c4ccc(N5CCCC(F)C5)nc4)N3)C2=O)ccc1F. The number of benzene rings is 1. The summed E-state index contributed by atoms with van der Waals surface area (Å²) in [6, 6.07) is 8.25. The predicted molar refractivity (Wildman–Crippen MR) is 119 cm³/mol. The number of anilines is 3. The highest BCUT2D eigenvalue weighted by molar-refractivity contribution is 8.04. The number of piperidine rings is 1. The van der Waals surface area contributed by atoms with Gasteiger partial charge in [0.05, 0.1) is 17.1 Å². The second-order valence-corrected chi connectivity index (χ2v) is 9.11. The molecule has 9 heteroatoms. The number of hydrogen-bond acceptors (Lipinski definition) is 6. The molecule has 2 unspecified atom stereocenters. The lowest BCUT2D eigenvalue weighted by molar-refractivity contribution is -0.114. The van der Waals surface area contributed by atoms with Crippen LogP contribution in [0.25, 0.3) is 0 Å². The molecule has 2 aromatic rings. The Balaban J connectivity index is 1.29. The van der Waals surface area contributed by atoms with Crippen molar-refractivity contribution < 1.29 is 13.6 Å². The molecule has 1 aromatic carbocycles. The van der Waals surface area contributed by atoms with E-state index in [0.29, 0.717) is 36.5 Å². The Kier molecular flexibility index (Phi) is 5.21. The molecule has 4 heterocycles. The number of rotatable bonds is 3. The van der Waals surface area contributed by atoms with E-state index in [2.05, 4.69) is 10.3 Å². The van der Waals surface area contributed by atoms with Crippen LogP contribution in [-0.4, -0.2) is 36.7 Å². The molecule has 3 N–H and O–H groups in total. The van der Waals surface area contributed by atoms with E-state index in [9.17, 15) is 13.6 Å². The molecule has 1 saturated heterocycles. The van der Waals surface area contributed by atoms with Gasteiger partial charge in [0.25, 0.3) is 5.91 Å². The average Bonchev–Trinajstić information content (AvgIpc) is 3.22. The maximum absolute atomic E-state index is 13.7. The van der Waals surface area contributed by atoms with Gasteiger partial charge in [-0.2, -0.15) is 0 Å². The van der Waals surface area contributed by atoms with Gasteiger partial charge in [0.2, 0.25) is 0 Å². The molecule has 0 saturated carbocycles. The van der Waals surface area contributed by atoms with Crippen molar-refractivity contribution in [3.63, 3.8) is 0 Å². The second kappa shape index (κ2) is 8.03. The molecule has 1 aromatic heterocycles. The standard InChI is InChI=1S/C22H23F2N5OS/c23-14-2-1-8-28(12-14)19-6-3-13(11-26-19)21-27-18-7-9-29(22(30)20(18)31-21)15-4-5-16(24)17(25)10-15/h3-6,10-11,14,21,27H,1-2,7-9,12,25H2. The predicted octanol–water partition coefficient (Wildman–Crippen LogP) is 3.72. The van der Waals surface area contributed by atoms with Crippen LogP contribution in [0.2, 0.25) is 0 Å². The number of alkyl halides is 1. The molecule has 0 bridgehead atoms. The van der Waals surface area contributed by atoms with Gasteiger partial charge in [-0.3, -0.25) is 4.79 Å². The number of nitrogens with zero attached hydrogens (tertiary/aromatic N) is 3. The van der Waals surface area contributed by atoms with Gasteiger partial charge in [-0.15, -0.1) is 0 Å². The zero-order valence-corrected chi connectivity index (χ0v) is 17.7. The highest BCUT2D eigenvalue weighted by Gasteiger charge is 2.36. The Bertz CT molecular complexity index is 1040. The monoisotopic (exact) mass is 443 g/mol. The number of halogens is 2. The van der Waals surface area contributed by atoms with Crippen molar-refractivity contribution in [1.82, 2.24) is 10.3 Å². The fourth-order valence-electron chi connectivity index (χ4n) is 4.22. The third kappa shape index (κ3) is 3.82. The first-order valence-corrected chi connectivity index (χ1v) is 11.3. The minimum absolute atomic E-state index is 0.0269. The molecular weight excluding hydrogens is 420 g/mol. The molecule has 3 aliphatic heterocycles. The summed E-state index contributed by atoms with van der Waals surface area (Å²) in [6.07, 6.45) is 3.12. The average molecular weight is 444 g/mol. The summed E-state index contributed by atoms with van der Waals surface area (Å²) in [5, 5.41) is 3.33. The van der Waals surface area contributed by atoms with Crippen LogP contribution in [0.3, 0.4) is 0 Å². The summed E-state index contributed by atoms with van der Waals surface area (Å²) in [5.41, 5.74) is 8.18. The van der Waals surface area contributed by atoms with Gasteiger partial charge >= 0.3 is 0 Å². The normalized spacial score (nSPS) is 23.7. The van der Waals surface area contributed by atoms with E-state index in [1.807, 2.05) is 17.0 Å². The third-order valence-corrected chi connectivity index (χ3v) is 7.17. The van der Waals surface area contributed by atoms with Crippen LogP contribution in [0.4, 0.5) is 26.0 Å². The Morgan fingerprint density at radius 1 is 1.23 bits per heavy atom. The summed E-state index contributed by atoms with van der Waals surface area (Å²) in [7, 11) is 0. The van der Waals surface area contributed by atoms with Gasteiger partial charge in [-0.25, -0.2) is 13.8 Å². The quantitative estimate of drug-likeness (QED) is 0.705. The van der Waals surface area contributed by atoms with Crippen molar-refractivity contribution in [3.05, 3.63) is 58.5 Å². The lowest BCUT2D eigenvalue weighted by Gasteiger charge is -2.30. The summed E-state index contributed by atoms with van der Waals surface area (Å²) in [5.74, 6) is 0.176. The second-order valence-electron chi connectivity index (χ2n) is 8.00. The fraction of sp³-hybridized carbons (Fsp3) is 0.364. The molecule has 0 spiro atoms. The number of nitrogen functional groups attached to an aromatic ring is 1. The van der Waals surface area contributed by atoms with E-state index >= 15 is 0 Å². The van der Waals surface area contributed by atoms with E-state index in [1.165, 1.54) is 23.9 Å². The van der Waals surface area contributed by atoms with E-state index < -0.39 is 12.0 Å². The van der Waals surface area contributed by atoms with Crippen molar-refractivity contribution in [1.29, 1.82) is 0 Å². The van der Waals surface area contributed by atoms with Gasteiger partial charge in [0, 0.05) is 42.7 Å². The van der Waals surface area contributed by atoms with Gasteiger partial charge in [0.15, 0.2) is 0 Å². The number of pyridine rings is 1. The van der Waals surface area contributed by atoms with Crippen molar-refractivity contribution in [2.75, 3.05) is 35.2 Å². The molecule has 0 radical (unpaired) electrons. The van der Waals surface area contributed by atoms with Crippen molar-refractivity contribution in [2.45, 2.75) is 30.8 Å². The van der Waals surface area contributed by atoms with Crippen LogP contribution < -0.4 is 20.9 Å². The number of carbonyl (C=O) groups is 1. The van der Waals surface area contributed by atoms with Crippen LogP contribution in [-0.2, 0) is 4.79 Å². The van der Waals surface area contributed by atoms with E-state index in [-0.39, 0.29) is 17.0 Å². The molecule has 31 heavy (non-hydrogen) atoms. The topological polar surface area (TPSA) is 74.5 Å². The Morgan fingerprint density at radius 2 is 2.10 bits per heavy atom. The largest absolute Gasteiger partial charge is 0.396 e. The number of amides is 1.